The van der Waals surface area contributed by atoms with Gasteiger partial charge in [-0.3, -0.25) is 0 Å². The first-order chi connectivity index (χ1) is 14.0. The van der Waals surface area contributed by atoms with E-state index in [1.807, 2.05) is 15.7 Å². The van der Waals surface area contributed by atoms with E-state index in [9.17, 15) is 8.78 Å². The van der Waals surface area contributed by atoms with Crippen LogP contribution >= 0.6 is 28.1 Å². The number of aromatic amines is 1. The number of nitrogens with one attached hydrogen (secondary N) is 2. The van der Waals surface area contributed by atoms with E-state index in [1.165, 1.54) is 12.1 Å². The summed E-state index contributed by atoms with van der Waals surface area (Å²) in [5.41, 5.74) is 1.85. The maximum atomic E-state index is 14.6. The third-order valence-corrected chi connectivity index (χ3v) is 6.43. The number of H-pyrrole nitrogens is 1. The molecule has 0 aliphatic carbocycles. The molecule has 0 bridgehead atoms. The summed E-state index contributed by atoms with van der Waals surface area (Å²) < 4.78 is 31.6. The van der Waals surface area contributed by atoms with Gasteiger partial charge in [0.1, 0.15) is 11.6 Å². The molecule has 0 spiro atoms. The molecule has 1 unspecified atom stereocenters. The molecular formula is C19H19BrF2N6S. The third kappa shape index (κ3) is 3.81. The van der Waals surface area contributed by atoms with Gasteiger partial charge in [0.15, 0.2) is 4.77 Å². The van der Waals surface area contributed by atoms with Crippen LogP contribution in [0.3, 0.4) is 0 Å². The number of guanidine groups is 1. The fourth-order valence-electron chi connectivity index (χ4n) is 4.12. The zero-order valence-corrected chi connectivity index (χ0v) is 17.9. The molecule has 0 amide bonds. The minimum atomic E-state index is -0.562. The molecule has 2 aromatic rings. The monoisotopic (exact) mass is 480 g/mol. The highest BCUT2D eigenvalue weighted by molar-refractivity contribution is 9.10. The molecule has 152 valence electrons. The van der Waals surface area contributed by atoms with Crippen LogP contribution in [0.1, 0.15) is 35.7 Å². The zero-order valence-electron chi connectivity index (χ0n) is 15.5. The second-order valence-corrected chi connectivity index (χ2v) is 8.45. The summed E-state index contributed by atoms with van der Waals surface area (Å²) >= 11 is 8.56. The van der Waals surface area contributed by atoms with Gasteiger partial charge in [0.05, 0.1) is 16.7 Å². The summed E-state index contributed by atoms with van der Waals surface area (Å²) in [7, 11) is 0. The molecule has 1 saturated heterocycles. The Kier molecular flexibility index (Phi) is 5.69. The molecule has 2 aliphatic heterocycles. The van der Waals surface area contributed by atoms with Crippen molar-refractivity contribution < 1.29 is 8.78 Å². The second-order valence-electron chi connectivity index (χ2n) is 7.21. The van der Waals surface area contributed by atoms with Gasteiger partial charge >= 0.3 is 0 Å². The topological polar surface area (TPSA) is 72.1 Å². The molecule has 2 N–H and O–H groups in total. The number of fused-ring (bicyclic) bond motifs is 1. The van der Waals surface area contributed by atoms with Gasteiger partial charge in [-0.1, -0.05) is 0 Å². The van der Waals surface area contributed by atoms with Gasteiger partial charge in [-0.15, -0.1) is 4.99 Å². The Labute approximate surface area is 180 Å². The van der Waals surface area contributed by atoms with Gasteiger partial charge in [0.2, 0.25) is 12.2 Å². The lowest BCUT2D eigenvalue weighted by Gasteiger charge is -2.19. The number of likely N-dealkylation sites (tertiary alicyclic amines) is 1. The average Bonchev–Trinajstić information content (AvgIpc) is 3.42. The van der Waals surface area contributed by atoms with Gasteiger partial charge in [-0.05, 0) is 59.5 Å². The van der Waals surface area contributed by atoms with Crippen LogP contribution in [0, 0.1) is 27.9 Å². The van der Waals surface area contributed by atoms with Crippen LogP contribution in [0.5, 0.6) is 0 Å². The summed E-state index contributed by atoms with van der Waals surface area (Å²) in [6.07, 6.45) is 4.46. The van der Waals surface area contributed by atoms with Crippen LogP contribution < -0.4 is 5.32 Å². The first-order valence-electron chi connectivity index (χ1n) is 9.39. The molecular weight excluding hydrogens is 462 g/mol. The van der Waals surface area contributed by atoms with Crippen molar-refractivity contribution in [2.24, 2.45) is 4.99 Å². The van der Waals surface area contributed by atoms with E-state index in [1.54, 1.807) is 0 Å². The van der Waals surface area contributed by atoms with Crippen molar-refractivity contribution in [1.29, 1.82) is 5.26 Å². The number of benzene rings is 1. The van der Waals surface area contributed by atoms with Gasteiger partial charge in [0.25, 0.3) is 0 Å². The normalized spacial score (nSPS) is 18.8. The standard InChI is InChI=1S/C19H19BrF2N6S/c20-12-3-4-13(21)16(17(12)22)11-7-15-14(26-19(29)28(15)9-11)8-24-18(25-10-23)27-5-1-2-6-27/h3-4,11H,1-2,5-9H2,(H,24,25)(H,26,29). The maximum absolute atomic E-state index is 14.6. The molecule has 1 atom stereocenters. The van der Waals surface area contributed by atoms with E-state index in [4.69, 9.17) is 17.5 Å². The molecule has 2 aliphatic rings. The summed E-state index contributed by atoms with van der Waals surface area (Å²) in [5, 5.41) is 12.2. The van der Waals surface area contributed by atoms with Crippen LogP contribution in [0.2, 0.25) is 0 Å². The molecule has 6 nitrogen and oxygen atoms in total. The molecule has 0 saturated carbocycles. The van der Waals surface area contributed by atoms with Gasteiger partial charge in [-0.2, -0.15) is 5.26 Å². The summed E-state index contributed by atoms with van der Waals surface area (Å²) in [5.74, 6) is -0.896. The van der Waals surface area contributed by atoms with E-state index in [0.717, 1.165) is 37.3 Å². The van der Waals surface area contributed by atoms with Crippen LogP contribution in [0.25, 0.3) is 0 Å². The number of aromatic nitrogens is 2. The van der Waals surface area contributed by atoms with Gasteiger partial charge in [-0.25, -0.2) is 8.78 Å². The average molecular weight is 481 g/mol. The number of aliphatic imine (C=N–C) groups is 1. The largest absolute Gasteiger partial charge is 0.350 e. The molecule has 4 rings (SSSR count). The van der Waals surface area contributed by atoms with Crippen molar-refractivity contribution in [3.8, 4) is 6.19 Å². The first-order valence-corrected chi connectivity index (χ1v) is 10.6. The van der Waals surface area contributed by atoms with Crippen molar-refractivity contribution in [2.75, 3.05) is 13.1 Å². The van der Waals surface area contributed by atoms with Crippen LogP contribution in [0.4, 0.5) is 8.78 Å². The Bertz CT molecular complexity index is 1060. The van der Waals surface area contributed by atoms with Crippen molar-refractivity contribution in [1.82, 2.24) is 19.8 Å². The van der Waals surface area contributed by atoms with Crippen LogP contribution in [-0.2, 0) is 19.5 Å². The van der Waals surface area contributed by atoms with E-state index < -0.39 is 11.6 Å². The number of halogens is 3. The first kappa shape index (κ1) is 20.0. The maximum Gasteiger partial charge on any atom is 0.210 e. The van der Waals surface area contributed by atoms with Crippen LogP contribution in [0.15, 0.2) is 21.6 Å². The number of hydrogen-bond donors (Lipinski definition) is 2. The summed E-state index contributed by atoms with van der Waals surface area (Å²) in [4.78, 5) is 9.13. The molecule has 1 aromatic heterocycles. The highest BCUT2D eigenvalue weighted by atomic mass is 79.9. The lowest BCUT2D eigenvalue weighted by Crippen LogP contribution is -2.39. The highest BCUT2D eigenvalue weighted by Crippen LogP contribution is 2.36. The molecule has 1 fully saturated rings. The lowest BCUT2D eigenvalue weighted by atomic mass is 9.95. The SMILES string of the molecule is N#CN=C(NCc1[nH]c(=S)n2c1CC(c1c(F)ccc(Br)c1F)C2)N1CCCC1. The van der Waals surface area contributed by atoms with E-state index in [0.29, 0.717) is 30.2 Å². The van der Waals surface area contributed by atoms with Gasteiger partial charge < -0.3 is 19.8 Å². The van der Waals surface area contributed by atoms with Crippen LogP contribution in [-0.4, -0.2) is 33.5 Å². The molecule has 1 aromatic carbocycles. The molecule has 29 heavy (non-hydrogen) atoms. The highest BCUT2D eigenvalue weighted by Gasteiger charge is 2.31. The minimum absolute atomic E-state index is 0.0835. The molecule has 3 heterocycles. The predicted molar refractivity (Wildman–Crippen MR) is 111 cm³/mol. The van der Waals surface area contributed by atoms with E-state index >= 15 is 0 Å². The Morgan fingerprint density at radius 1 is 1.38 bits per heavy atom. The fourth-order valence-corrected chi connectivity index (χ4v) is 4.78. The number of rotatable bonds is 3. The number of hydrogen-bond acceptors (Lipinski definition) is 3. The van der Waals surface area contributed by atoms with Crippen molar-refractivity contribution >= 4 is 34.1 Å². The second kappa shape index (κ2) is 8.24. The summed E-state index contributed by atoms with van der Waals surface area (Å²) in [6, 6.07) is 2.65. The predicted octanol–water partition coefficient (Wildman–Crippen LogP) is 3.95. The fraction of sp³-hybridized carbons (Fsp3) is 0.421. The van der Waals surface area contributed by atoms with Crippen molar-refractivity contribution in [2.45, 2.75) is 38.3 Å². The van der Waals surface area contributed by atoms with Crippen molar-refractivity contribution in [3.63, 3.8) is 0 Å². The Morgan fingerprint density at radius 3 is 2.86 bits per heavy atom. The zero-order chi connectivity index (χ0) is 20.5. The smallest absolute Gasteiger partial charge is 0.210 e. The third-order valence-electron chi connectivity index (χ3n) is 5.49. The van der Waals surface area contributed by atoms with E-state index in [2.05, 4.69) is 31.2 Å². The Hall–Kier alpha value is -2.25. The molecule has 0 radical (unpaired) electrons. The number of nitrogens with zero attached hydrogens (tertiary/aromatic N) is 4. The Morgan fingerprint density at radius 2 is 2.14 bits per heavy atom. The lowest BCUT2D eigenvalue weighted by molar-refractivity contribution is 0.494. The van der Waals surface area contributed by atoms with E-state index in [-0.39, 0.29) is 16.0 Å². The minimum Gasteiger partial charge on any atom is -0.350 e. The summed E-state index contributed by atoms with van der Waals surface area (Å²) in [6.45, 7) is 2.54. The van der Waals surface area contributed by atoms with Gasteiger partial charge in [0, 0.05) is 36.8 Å². The number of imidazole rings is 1. The Balaban J connectivity index is 1.55. The van der Waals surface area contributed by atoms with Crippen molar-refractivity contribution in [3.05, 3.63) is 50.0 Å². The molecule has 10 heteroatoms. The number of nitriles is 1. The quantitative estimate of drug-likeness (QED) is 0.229.